The number of alkyl halides is 2. The molecule has 0 aromatic heterocycles. The molecule has 0 aromatic carbocycles. The zero-order valence-electron chi connectivity index (χ0n) is 21.4. The lowest BCUT2D eigenvalue weighted by Crippen LogP contribution is -2.56. The van der Waals surface area contributed by atoms with E-state index in [2.05, 4.69) is 13.8 Å². The number of hydrogen-bond donors (Lipinski definition) is 0. The Morgan fingerprint density at radius 1 is 1.09 bits per heavy atom. The maximum atomic E-state index is 15.0. The van der Waals surface area contributed by atoms with Gasteiger partial charge >= 0.3 is 11.9 Å². The van der Waals surface area contributed by atoms with E-state index < -0.39 is 29.6 Å². The van der Waals surface area contributed by atoms with E-state index in [0.717, 1.165) is 6.42 Å². The van der Waals surface area contributed by atoms with E-state index in [0.29, 0.717) is 25.3 Å². The topological polar surface area (TPSA) is 55.8 Å². The van der Waals surface area contributed by atoms with Crippen molar-refractivity contribution in [1.29, 1.82) is 0 Å². The predicted molar refractivity (Wildman–Crippen MR) is 123 cm³/mol. The molecule has 1 rings (SSSR count). The maximum absolute atomic E-state index is 15.0. The molecule has 4 unspecified atom stereocenters. The summed E-state index contributed by atoms with van der Waals surface area (Å²) in [5, 5.41) is 0. The van der Waals surface area contributed by atoms with Gasteiger partial charge in [-0.15, -0.1) is 0 Å². The molecule has 1 fully saturated rings. The highest BCUT2D eigenvalue weighted by Crippen LogP contribution is 2.34. The van der Waals surface area contributed by atoms with Crippen LogP contribution in [0, 0.1) is 17.8 Å². The molecule has 0 N–H and O–H groups in total. The summed E-state index contributed by atoms with van der Waals surface area (Å²) in [6.07, 6.45) is 0.482. The Morgan fingerprint density at radius 3 is 2.22 bits per heavy atom. The normalized spacial score (nSPS) is 23.6. The third-order valence-electron chi connectivity index (χ3n) is 5.93. The summed E-state index contributed by atoms with van der Waals surface area (Å²) in [6.45, 7) is 15.3. The Hall–Kier alpha value is -1.24. The molecule has 5 nitrogen and oxygen atoms in total. The Balaban J connectivity index is 2.48. The van der Waals surface area contributed by atoms with Crippen LogP contribution in [0.2, 0.25) is 0 Å². The Labute approximate surface area is 193 Å². The Kier molecular flexibility index (Phi) is 11.1. The lowest BCUT2D eigenvalue weighted by molar-refractivity contribution is -0.165. The number of ether oxygens (including phenoxy) is 2. The number of hydrogen-bond acceptors (Lipinski definition) is 5. The second-order valence-electron chi connectivity index (χ2n) is 11.4. The highest BCUT2D eigenvalue weighted by Gasteiger charge is 2.42. The van der Waals surface area contributed by atoms with Crippen molar-refractivity contribution in [2.45, 2.75) is 118 Å². The molecule has 0 bridgehead atoms. The molecular weight excluding hydrogens is 416 g/mol. The van der Waals surface area contributed by atoms with Gasteiger partial charge < -0.3 is 9.47 Å². The third-order valence-corrected chi connectivity index (χ3v) is 5.93. The minimum atomic E-state index is -1.34. The molecular formula is C25H45F2NO4. The molecule has 1 heterocycles. The van der Waals surface area contributed by atoms with Crippen LogP contribution < -0.4 is 0 Å². The Morgan fingerprint density at radius 2 is 1.69 bits per heavy atom. The largest absolute Gasteiger partial charge is 0.464 e. The van der Waals surface area contributed by atoms with Gasteiger partial charge in [-0.3, -0.25) is 14.5 Å². The summed E-state index contributed by atoms with van der Waals surface area (Å²) in [4.78, 5) is 26.0. The lowest BCUT2D eigenvalue weighted by Gasteiger charge is -2.47. The smallest absolute Gasteiger partial charge is 0.306 e. The van der Waals surface area contributed by atoms with Crippen molar-refractivity contribution < 1.29 is 27.8 Å². The van der Waals surface area contributed by atoms with Gasteiger partial charge in [-0.05, 0) is 58.3 Å². The van der Waals surface area contributed by atoms with Gasteiger partial charge in [0.15, 0.2) is 6.30 Å². The van der Waals surface area contributed by atoms with Gasteiger partial charge in [0.1, 0.15) is 18.4 Å². The van der Waals surface area contributed by atoms with Crippen molar-refractivity contribution in [2.75, 3.05) is 13.2 Å². The molecule has 0 saturated carbocycles. The van der Waals surface area contributed by atoms with Gasteiger partial charge in [0.2, 0.25) is 0 Å². The molecule has 7 heteroatoms. The number of nitrogens with zero attached hydrogens (tertiary/aromatic N) is 1. The van der Waals surface area contributed by atoms with Crippen LogP contribution in [0.25, 0.3) is 0 Å². The van der Waals surface area contributed by atoms with E-state index in [1.54, 1.807) is 4.90 Å². The molecule has 0 aromatic rings. The molecule has 1 aliphatic rings. The highest BCUT2D eigenvalue weighted by molar-refractivity contribution is 5.70. The lowest BCUT2D eigenvalue weighted by atomic mass is 9.87. The first-order chi connectivity index (χ1) is 14.6. The Bertz CT molecular complexity index is 603. The van der Waals surface area contributed by atoms with E-state index in [4.69, 9.17) is 9.47 Å². The fraction of sp³-hybridized carbons (Fsp3) is 0.920. The third kappa shape index (κ3) is 11.1. The van der Waals surface area contributed by atoms with E-state index in [1.807, 2.05) is 27.7 Å². The predicted octanol–water partition coefficient (Wildman–Crippen LogP) is 5.85. The molecule has 0 aliphatic carbocycles. The van der Waals surface area contributed by atoms with Crippen LogP contribution in [0.15, 0.2) is 0 Å². The van der Waals surface area contributed by atoms with Gasteiger partial charge in [0, 0.05) is 37.8 Å². The first-order valence-electron chi connectivity index (χ1n) is 12.0. The summed E-state index contributed by atoms with van der Waals surface area (Å²) in [6, 6.07) is 0. The quantitative estimate of drug-likeness (QED) is 0.270. The molecule has 188 valence electrons. The number of piperidine rings is 1. The molecule has 0 radical (unpaired) electrons. The standard InChI is InChI=1S/C25H45F2NO4/c1-17(2)11-18(3)12-22(29)31-10-9-28-21(26)14-20(16-25(28,7)8)32-23(30)13-19(4)15-24(5,6)27/h17-21H,9-16H2,1-8H3. The summed E-state index contributed by atoms with van der Waals surface area (Å²) in [7, 11) is 0. The van der Waals surface area contributed by atoms with Crippen LogP contribution in [0.5, 0.6) is 0 Å². The molecule has 32 heavy (non-hydrogen) atoms. The van der Waals surface area contributed by atoms with Crippen molar-refractivity contribution in [3.63, 3.8) is 0 Å². The van der Waals surface area contributed by atoms with E-state index >= 15 is 0 Å². The van der Waals surface area contributed by atoms with Crippen LogP contribution in [-0.2, 0) is 19.1 Å². The van der Waals surface area contributed by atoms with Crippen LogP contribution in [-0.4, -0.2) is 53.6 Å². The summed E-state index contributed by atoms with van der Waals surface area (Å²) in [5.41, 5.74) is -1.89. The maximum Gasteiger partial charge on any atom is 0.306 e. The average molecular weight is 462 g/mol. The number of esters is 2. The van der Waals surface area contributed by atoms with Crippen LogP contribution in [0.4, 0.5) is 8.78 Å². The second-order valence-corrected chi connectivity index (χ2v) is 11.4. The van der Waals surface area contributed by atoms with E-state index in [9.17, 15) is 18.4 Å². The minimum absolute atomic E-state index is 0.0809. The molecule has 0 amide bonds. The van der Waals surface area contributed by atoms with Crippen molar-refractivity contribution >= 4 is 11.9 Å². The van der Waals surface area contributed by atoms with Crippen molar-refractivity contribution in [3.8, 4) is 0 Å². The van der Waals surface area contributed by atoms with Crippen molar-refractivity contribution in [1.82, 2.24) is 4.90 Å². The fourth-order valence-electron chi connectivity index (χ4n) is 4.92. The van der Waals surface area contributed by atoms with E-state index in [1.165, 1.54) is 13.8 Å². The number of carbonyl (C=O) groups excluding carboxylic acids is 2. The summed E-state index contributed by atoms with van der Waals surface area (Å²) < 4.78 is 39.6. The first kappa shape index (κ1) is 28.8. The molecule has 1 saturated heterocycles. The van der Waals surface area contributed by atoms with Crippen LogP contribution in [0.3, 0.4) is 0 Å². The summed E-state index contributed by atoms with van der Waals surface area (Å²) >= 11 is 0. The average Bonchev–Trinajstić information content (AvgIpc) is 2.53. The van der Waals surface area contributed by atoms with Gasteiger partial charge in [0.05, 0.1) is 0 Å². The van der Waals surface area contributed by atoms with Gasteiger partial charge in [-0.1, -0.05) is 27.7 Å². The van der Waals surface area contributed by atoms with Crippen LogP contribution >= 0.6 is 0 Å². The monoisotopic (exact) mass is 461 g/mol. The number of rotatable bonds is 12. The van der Waals surface area contributed by atoms with Crippen molar-refractivity contribution in [3.05, 3.63) is 0 Å². The highest BCUT2D eigenvalue weighted by atomic mass is 19.1. The van der Waals surface area contributed by atoms with E-state index in [-0.39, 0.29) is 43.7 Å². The van der Waals surface area contributed by atoms with Crippen molar-refractivity contribution in [2.24, 2.45) is 17.8 Å². The van der Waals surface area contributed by atoms with Gasteiger partial charge in [0.25, 0.3) is 0 Å². The molecule has 0 spiro atoms. The first-order valence-corrected chi connectivity index (χ1v) is 12.0. The molecule has 1 aliphatic heterocycles. The zero-order chi connectivity index (χ0) is 24.7. The van der Waals surface area contributed by atoms with Gasteiger partial charge in [-0.25, -0.2) is 8.78 Å². The van der Waals surface area contributed by atoms with Crippen LogP contribution in [0.1, 0.15) is 93.9 Å². The summed E-state index contributed by atoms with van der Waals surface area (Å²) in [5.74, 6) is -0.0137. The second kappa shape index (κ2) is 12.3. The fourth-order valence-corrected chi connectivity index (χ4v) is 4.92. The SMILES string of the molecule is CC(C)CC(C)CC(=O)OCCN1C(F)CC(OC(=O)CC(C)CC(C)(C)F)CC1(C)C. The molecule has 4 atom stereocenters. The number of halogens is 2. The van der Waals surface area contributed by atoms with Gasteiger partial charge in [-0.2, -0.15) is 0 Å². The minimum Gasteiger partial charge on any atom is -0.464 e. The zero-order valence-corrected chi connectivity index (χ0v) is 21.4. The number of carbonyl (C=O) groups is 2. The number of likely N-dealkylation sites (tertiary alicyclic amines) is 1.